The highest BCUT2D eigenvalue weighted by atomic mass is 35.5. The number of nitrogens with zero attached hydrogens (tertiary/aromatic N) is 1. The average molecular weight is 336 g/mol. The van der Waals surface area contributed by atoms with Gasteiger partial charge >= 0.3 is 0 Å². The van der Waals surface area contributed by atoms with Crippen molar-refractivity contribution in [2.24, 2.45) is 0 Å². The van der Waals surface area contributed by atoms with E-state index >= 15 is 0 Å². The lowest BCUT2D eigenvalue weighted by Gasteiger charge is -2.30. The first-order valence-corrected chi connectivity index (χ1v) is 8.72. The van der Waals surface area contributed by atoms with E-state index in [1.165, 1.54) is 28.6 Å². The Morgan fingerprint density at radius 2 is 1.73 bits per heavy atom. The summed E-state index contributed by atoms with van der Waals surface area (Å²) in [5.74, 6) is 0. The number of halogens is 1. The molecule has 4 nitrogen and oxygen atoms in total. The van der Waals surface area contributed by atoms with E-state index in [0.29, 0.717) is 6.54 Å². The molecular formula is C16H14ClNO3S. The largest absolute Gasteiger partial charge is 0.276 e. The molecule has 0 saturated heterocycles. The Morgan fingerprint density at radius 1 is 1.05 bits per heavy atom. The van der Waals surface area contributed by atoms with Gasteiger partial charge in [-0.15, -0.1) is 0 Å². The van der Waals surface area contributed by atoms with Crippen molar-refractivity contribution in [3.05, 3.63) is 59.7 Å². The highest BCUT2D eigenvalue weighted by Gasteiger charge is 2.28. The fraction of sp³-hybridized carbons (Fsp3) is 0.188. The third-order valence-electron chi connectivity index (χ3n) is 3.74. The maximum atomic E-state index is 12.8. The summed E-state index contributed by atoms with van der Waals surface area (Å²) in [6, 6.07) is 13.2. The van der Waals surface area contributed by atoms with Gasteiger partial charge in [0.25, 0.3) is 15.3 Å². The van der Waals surface area contributed by atoms with Crippen molar-refractivity contribution >= 4 is 32.6 Å². The van der Waals surface area contributed by atoms with E-state index in [2.05, 4.69) is 0 Å². The molecule has 0 atom stereocenters. The van der Waals surface area contributed by atoms with Crippen molar-refractivity contribution in [2.45, 2.75) is 17.7 Å². The second kappa shape index (κ2) is 5.74. The zero-order valence-electron chi connectivity index (χ0n) is 11.7. The maximum absolute atomic E-state index is 12.8. The highest BCUT2D eigenvalue weighted by molar-refractivity contribution is 7.92. The Labute approximate surface area is 134 Å². The number of fused-ring (bicyclic) bond motifs is 1. The van der Waals surface area contributed by atoms with Crippen LogP contribution in [0.2, 0.25) is 0 Å². The van der Waals surface area contributed by atoms with Crippen molar-refractivity contribution < 1.29 is 13.2 Å². The molecule has 0 N–H and O–H groups in total. The minimum absolute atomic E-state index is 0.158. The van der Waals surface area contributed by atoms with Gasteiger partial charge < -0.3 is 0 Å². The fourth-order valence-corrected chi connectivity index (χ4v) is 4.30. The summed E-state index contributed by atoms with van der Waals surface area (Å²) in [4.78, 5) is 11.2. The van der Waals surface area contributed by atoms with E-state index < -0.39 is 15.3 Å². The number of hydrogen-bond donors (Lipinski definition) is 0. The van der Waals surface area contributed by atoms with Gasteiger partial charge in [0, 0.05) is 12.1 Å². The second-order valence-electron chi connectivity index (χ2n) is 5.11. The summed E-state index contributed by atoms with van der Waals surface area (Å²) >= 11 is 5.39. The Bertz CT molecular complexity index is 816. The second-order valence-corrected chi connectivity index (χ2v) is 7.31. The van der Waals surface area contributed by atoms with Gasteiger partial charge in [-0.3, -0.25) is 9.10 Å². The molecule has 1 aliphatic rings. The molecule has 0 aliphatic carbocycles. The van der Waals surface area contributed by atoms with Gasteiger partial charge in [0.15, 0.2) is 0 Å². The monoisotopic (exact) mass is 335 g/mol. The van der Waals surface area contributed by atoms with E-state index in [1.807, 2.05) is 24.3 Å². The van der Waals surface area contributed by atoms with Crippen LogP contribution in [-0.2, 0) is 16.4 Å². The number of hydrogen-bond acceptors (Lipinski definition) is 3. The topological polar surface area (TPSA) is 54.5 Å². The number of carbonyl (C=O) groups excluding carboxylic acids is 1. The molecule has 0 amide bonds. The molecule has 0 spiro atoms. The molecule has 0 aromatic heterocycles. The van der Waals surface area contributed by atoms with Gasteiger partial charge in [-0.25, -0.2) is 8.42 Å². The summed E-state index contributed by atoms with van der Waals surface area (Å²) in [6.45, 7) is 0.454. The van der Waals surface area contributed by atoms with Crippen LogP contribution in [0.3, 0.4) is 0 Å². The standard InChI is InChI=1S/C16H14ClNO3S/c17-16(19)13-7-9-14(10-8-13)22(20,21)18-11-3-5-12-4-1-2-6-15(12)18/h1-2,4,6-10H,3,5,11H2. The lowest BCUT2D eigenvalue weighted by atomic mass is 10.0. The van der Waals surface area contributed by atoms with Crippen LogP contribution >= 0.6 is 11.6 Å². The van der Waals surface area contributed by atoms with E-state index in [1.54, 1.807) is 0 Å². The molecule has 22 heavy (non-hydrogen) atoms. The minimum atomic E-state index is -3.64. The van der Waals surface area contributed by atoms with Crippen LogP contribution in [0, 0.1) is 0 Å². The molecule has 3 rings (SSSR count). The Balaban J connectivity index is 2.02. The zero-order chi connectivity index (χ0) is 15.7. The average Bonchev–Trinajstić information content (AvgIpc) is 2.54. The molecular weight excluding hydrogens is 322 g/mol. The van der Waals surface area contributed by atoms with Crippen molar-refractivity contribution in [1.29, 1.82) is 0 Å². The molecule has 0 fully saturated rings. The first kappa shape index (κ1) is 15.1. The molecule has 0 saturated carbocycles. The van der Waals surface area contributed by atoms with Crippen LogP contribution < -0.4 is 4.31 Å². The van der Waals surface area contributed by atoms with Crippen molar-refractivity contribution in [2.75, 3.05) is 10.8 Å². The molecule has 0 radical (unpaired) electrons. The van der Waals surface area contributed by atoms with Crippen LogP contribution in [0.25, 0.3) is 0 Å². The normalized spacial score (nSPS) is 14.5. The molecule has 0 unspecified atom stereocenters. The van der Waals surface area contributed by atoms with Gasteiger partial charge in [0.05, 0.1) is 10.6 Å². The van der Waals surface area contributed by atoms with Gasteiger partial charge in [0.2, 0.25) is 0 Å². The van der Waals surface area contributed by atoms with Crippen LogP contribution in [0.1, 0.15) is 22.3 Å². The van der Waals surface area contributed by atoms with Gasteiger partial charge in [-0.1, -0.05) is 18.2 Å². The van der Waals surface area contributed by atoms with Crippen molar-refractivity contribution in [1.82, 2.24) is 0 Å². The Hall–Kier alpha value is -1.85. The van der Waals surface area contributed by atoms with E-state index in [4.69, 9.17) is 11.6 Å². The fourth-order valence-electron chi connectivity index (χ4n) is 2.63. The zero-order valence-corrected chi connectivity index (χ0v) is 13.3. The number of aryl methyl sites for hydroxylation is 1. The third kappa shape index (κ3) is 2.62. The van der Waals surface area contributed by atoms with Gasteiger partial charge in [0.1, 0.15) is 0 Å². The predicted molar refractivity (Wildman–Crippen MR) is 85.9 cm³/mol. The SMILES string of the molecule is O=C(Cl)c1ccc(S(=O)(=O)N2CCCc3ccccc32)cc1. The van der Waals surface area contributed by atoms with Crippen LogP contribution in [-0.4, -0.2) is 20.2 Å². The summed E-state index contributed by atoms with van der Waals surface area (Å²) in [6.07, 6.45) is 1.66. The van der Waals surface area contributed by atoms with Gasteiger partial charge in [-0.2, -0.15) is 0 Å². The lowest BCUT2D eigenvalue weighted by molar-refractivity contribution is 0.108. The minimum Gasteiger partial charge on any atom is -0.276 e. The summed E-state index contributed by atoms with van der Waals surface area (Å²) in [5.41, 5.74) is 2.04. The number of benzene rings is 2. The van der Waals surface area contributed by atoms with E-state index in [0.717, 1.165) is 24.1 Å². The maximum Gasteiger partial charge on any atom is 0.264 e. The summed E-state index contributed by atoms with van der Waals surface area (Å²) in [7, 11) is -3.64. The smallest absolute Gasteiger partial charge is 0.264 e. The molecule has 6 heteroatoms. The van der Waals surface area contributed by atoms with Crippen LogP contribution in [0.5, 0.6) is 0 Å². The van der Waals surface area contributed by atoms with Crippen molar-refractivity contribution in [3.8, 4) is 0 Å². The van der Waals surface area contributed by atoms with Crippen LogP contribution in [0.4, 0.5) is 5.69 Å². The van der Waals surface area contributed by atoms with E-state index in [-0.39, 0.29) is 10.5 Å². The Kier molecular flexibility index (Phi) is 3.93. The van der Waals surface area contributed by atoms with E-state index in [9.17, 15) is 13.2 Å². The Morgan fingerprint density at radius 3 is 2.41 bits per heavy atom. The number of rotatable bonds is 3. The van der Waals surface area contributed by atoms with Crippen LogP contribution in [0.15, 0.2) is 53.4 Å². The number of sulfonamides is 1. The van der Waals surface area contributed by atoms with Crippen molar-refractivity contribution in [3.63, 3.8) is 0 Å². The number of para-hydroxylation sites is 1. The lowest BCUT2D eigenvalue weighted by Crippen LogP contribution is -2.35. The molecule has 1 heterocycles. The third-order valence-corrected chi connectivity index (χ3v) is 5.78. The molecule has 1 aliphatic heterocycles. The molecule has 2 aromatic carbocycles. The first-order valence-electron chi connectivity index (χ1n) is 6.91. The summed E-state index contributed by atoms with van der Waals surface area (Å²) in [5, 5.41) is -0.604. The quantitative estimate of drug-likeness (QED) is 0.809. The number of carbonyl (C=O) groups is 1. The molecule has 2 aromatic rings. The highest BCUT2D eigenvalue weighted by Crippen LogP contribution is 2.31. The van der Waals surface area contributed by atoms with Gasteiger partial charge in [-0.05, 0) is 60.3 Å². The predicted octanol–water partition coefficient (Wildman–Crippen LogP) is 3.21. The molecule has 114 valence electrons. The summed E-state index contributed by atoms with van der Waals surface area (Å²) < 4.78 is 27.1. The number of anilines is 1. The first-order chi connectivity index (χ1) is 10.5. The molecule has 0 bridgehead atoms.